The number of anilines is 1. The Balaban J connectivity index is 2.46. The summed E-state index contributed by atoms with van der Waals surface area (Å²) in [7, 11) is 0. The fraction of sp³-hybridized carbons (Fsp3) is 0.333. The Morgan fingerprint density at radius 3 is 2.47 bits per heavy atom. The molecule has 0 aliphatic rings. The molecule has 1 aromatic carbocycles. The fourth-order valence-electron chi connectivity index (χ4n) is 1.98. The molecule has 0 fully saturated rings. The van der Waals surface area contributed by atoms with Crippen molar-refractivity contribution in [3.8, 4) is 11.3 Å². The summed E-state index contributed by atoms with van der Waals surface area (Å²) < 4.78 is 1.44. The summed E-state index contributed by atoms with van der Waals surface area (Å²) in [5, 5.41) is 4.37. The lowest BCUT2D eigenvalue weighted by molar-refractivity contribution is 0.572. The Labute approximate surface area is 112 Å². The summed E-state index contributed by atoms with van der Waals surface area (Å²) in [5.41, 5.74) is 8.81. The minimum Gasteiger partial charge on any atom is -0.394 e. The van der Waals surface area contributed by atoms with E-state index in [2.05, 4.69) is 24.2 Å². The first-order chi connectivity index (χ1) is 9.15. The standard InChI is InChI=1S/C15H19N3O/c1-3-9-18-15(19)13(16)10-14(17-18)12-7-5-11(4-2)6-8-12/h5-8,10H,3-4,9,16H2,1-2H3. The summed E-state index contributed by atoms with van der Waals surface area (Å²) in [6, 6.07) is 9.82. The van der Waals surface area contributed by atoms with Gasteiger partial charge < -0.3 is 5.73 Å². The maximum atomic E-state index is 11.8. The van der Waals surface area contributed by atoms with Gasteiger partial charge >= 0.3 is 0 Å². The van der Waals surface area contributed by atoms with E-state index in [-0.39, 0.29) is 11.2 Å². The number of nitrogens with zero attached hydrogens (tertiary/aromatic N) is 2. The van der Waals surface area contributed by atoms with Gasteiger partial charge in [0.05, 0.1) is 5.69 Å². The molecule has 2 rings (SSSR count). The van der Waals surface area contributed by atoms with Gasteiger partial charge in [0.15, 0.2) is 0 Å². The summed E-state index contributed by atoms with van der Waals surface area (Å²) in [6.45, 7) is 4.71. The van der Waals surface area contributed by atoms with E-state index >= 15 is 0 Å². The van der Waals surface area contributed by atoms with Crippen LogP contribution in [0.5, 0.6) is 0 Å². The number of nitrogen functional groups attached to an aromatic ring is 1. The monoisotopic (exact) mass is 257 g/mol. The highest BCUT2D eigenvalue weighted by atomic mass is 16.1. The Bertz CT molecular complexity index is 614. The van der Waals surface area contributed by atoms with E-state index in [0.717, 1.165) is 24.1 Å². The third-order valence-corrected chi connectivity index (χ3v) is 3.10. The first-order valence-corrected chi connectivity index (χ1v) is 6.62. The molecule has 0 radical (unpaired) electrons. The normalized spacial score (nSPS) is 10.6. The molecule has 4 nitrogen and oxygen atoms in total. The Morgan fingerprint density at radius 1 is 1.21 bits per heavy atom. The molecule has 4 heteroatoms. The topological polar surface area (TPSA) is 60.9 Å². The van der Waals surface area contributed by atoms with Crippen molar-refractivity contribution in [2.45, 2.75) is 33.2 Å². The molecule has 0 saturated carbocycles. The number of rotatable bonds is 4. The minimum absolute atomic E-state index is 0.212. The molecular weight excluding hydrogens is 238 g/mol. The molecule has 1 aromatic heterocycles. The zero-order valence-corrected chi connectivity index (χ0v) is 11.4. The number of nitrogens with two attached hydrogens (primary N) is 1. The van der Waals surface area contributed by atoms with E-state index < -0.39 is 0 Å². The molecule has 1 heterocycles. The highest BCUT2D eigenvalue weighted by Crippen LogP contribution is 2.18. The fourth-order valence-corrected chi connectivity index (χ4v) is 1.98. The largest absolute Gasteiger partial charge is 0.394 e. The van der Waals surface area contributed by atoms with Crippen LogP contribution in [-0.2, 0) is 13.0 Å². The van der Waals surface area contributed by atoms with E-state index in [4.69, 9.17) is 5.73 Å². The first-order valence-electron chi connectivity index (χ1n) is 6.62. The Kier molecular flexibility index (Phi) is 4.00. The van der Waals surface area contributed by atoms with Gasteiger partial charge in [0.1, 0.15) is 5.69 Å². The average Bonchev–Trinajstić information content (AvgIpc) is 2.44. The summed E-state index contributed by atoms with van der Waals surface area (Å²) in [5.74, 6) is 0. The van der Waals surface area contributed by atoms with Crippen LogP contribution in [0.3, 0.4) is 0 Å². The van der Waals surface area contributed by atoms with Crippen LogP contribution in [-0.4, -0.2) is 9.78 Å². The first kappa shape index (κ1) is 13.3. The maximum absolute atomic E-state index is 11.8. The van der Waals surface area contributed by atoms with Gasteiger partial charge in [0.2, 0.25) is 0 Å². The van der Waals surface area contributed by atoms with E-state index in [1.165, 1.54) is 10.2 Å². The zero-order valence-electron chi connectivity index (χ0n) is 11.4. The molecule has 2 N–H and O–H groups in total. The highest BCUT2D eigenvalue weighted by molar-refractivity contribution is 5.62. The van der Waals surface area contributed by atoms with Crippen molar-refractivity contribution in [3.05, 3.63) is 46.2 Å². The van der Waals surface area contributed by atoms with Crippen LogP contribution in [0.4, 0.5) is 5.69 Å². The van der Waals surface area contributed by atoms with Crippen molar-refractivity contribution in [3.63, 3.8) is 0 Å². The van der Waals surface area contributed by atoms with Crippen LogP contribution in [0.2, 0.25) is 0 Å². The Hall–Kier alpha value is -2.10. The predicted molar refractivity (Wildman–Crippen MR) is 78.0 cm³/mol. The molecule has 19 heavy (non-hydrogen) atoms. The van der Waals surface area contributed by atoms with Crippen LogP contribution in [0.15, 0.2) is 35.1 Å². The van der Waals surface area contributed by atoms with Crippen LogP contribution in [0, 0.1) is 0 Å². The van der Waals surface area contributed by atoms with Crippen LogP contribution in [0.1, 0.15) is 25.8 Å². The van der Waals surface area contributed by atoms with E-state index in [0.29, 0.717) is 6.54 Å². The molecule has 0 spiro atoms. The van der Waals surface area contributed by atoms with Crippen molar-refractivity contribution < 1.29 is 0 Å². The van der Waals surface area contributed by atoms with Crippen molar-refractivity contribution in [2.24, 2.45) is 0 Å². The third kappa shape index (κ3) is 2.84. The highest BCUT2D eigenvalue weighted by Gasteiger charge is 2.07. The lowest BCUT2D eigenvalue weighted by atomic mass is 10.1. The third-order valence-electron chi connectivity index (χ3n) is 3.10. The molecule has 0 unspecified atom stereocenters. The predicted octanol–water partition coefficient (Wildman–Crippen LogP) is 2.46. The van der Waals surface area contributed by atoms with Crippen molar-refractivity contribution in [1.29, 1.82) is 0 Å². The minimum atomic E-state index is -0.212. The summed E-state index contributed by atoms with van der Waals surface area (Å²) in [6.07, 6.45) is 1.86. The van der Waals surface area contributed by atoms with Crippen LogP contribution < -0.4 is 11.3 Å². The molecule has 0 saturated heterocycles. The molecule has 100 valence electrons. The van der Waals surface area contributed by atoms with Crippen LogP contribution in [0.25, 0.3) is 11.3 Å². The lowest BCUT2D eigenvalue weighted by Gasteiger charge is -2.08. The van der Waals surface area contributed by atoms with Gasteiger partial charge in [-0.05, 0) is 24.5 Å². The second-order valence-corrected chi connectivity index (χ2v) is 4.56. The maximum Gasteiger partial charge on any atom is 0.289 e. The second kappa shape index (κ2) is 5.69. The molecule has 0 amide bonds. The number of benzene rings is 1. The van der Waals surface area contributed by atoms with Gasteiger partial charge in [-0.3, -0.25) is 4.79 Å². The number of aryl methyl sites for hydroxylation is 2. The van der Waals surface area contributed by atoms with Crippen molar-refractivity contribution >= 4 is 5.69 Å². The second-order valence-electron chi connectivity index (χ2n) is 4.56. The van der Waals surface area contributed by atoms with Gasteiger partial charge in [-0.25, -0.2) is 4.68 Å². The smallest absolute Gasteiger partial charge is 0.289 e. The molecule has 0 aliphatic carbocycles. The Morgan fingerprint density at radius 2 is 1.89 bits per heavy atom. The molecule has 0 bridgehead atoms. The number of hydrogen-bond donors (Lipinski definition) is 1. The van der Waals surface area contributed by atoms with Gasteiger partial charge in [0.25, 0.3) is 5.56 Å². The molecule has 0 atom stereocenters. The van der Waals surface area contributed by atoms with Crippen LogP contribution >= 0.6 is 0 Å². The van der Waals surface area contributed by atoms with Gasteiger partial charge in [-0.2, -0.15) is 5.10 Å². The SMILES string of the molecule is CCCn1nc(-c2ccc(CC)cc2)cc(N)c1=O. The summed E-state index contributed by atoms with van der Waals surface area (Å²) in [4.78, 5) is 11.8. The number of aromatic nitrogens is 2. The quantitative estimate of drug-likeness (QED) is 0.915. The van der Waals surface area contributed by atoms with Gasteiger partial charge in [-0.15, -0.1) is 0 Å². The van der Waals surface area contributed by atoms with Crippen molar-refractivity contribution in [2.75, 3.05) is 5.73 Å². The van der Waals surface area contributed by atoms with E-state index in [1.54, 1.807) is 6.07 Å². The summed E-state index contributed by atoms with van der Waals surface area (Å²) >= 11 is 0. The van der Waals surface area contributed by atoms with E-state index in [9.17, 15) is 4.79 Å². The molecule has 2 aromatic rings. The lowest BCUT2D eigenvalue weighted by Crippen LogP contribution is -2.25. The van der Waals surface area contributed by atoms with Gasteiger partial charge in [0, 0.05) is 12.1 Å². The number of hydrogen-bond acceptors (Lipinski definition) is 3. The van der Waals surface area contributed by atoms with Crippen molar-refractivity contribution in [1.82, 2.24) is 9.78 Å². The average molecular weight is 257 g/mol. The van der Waals surface area contributed by atoms with Gasteiger partial charge in [-0.1, -0.05) is 38.1 Å². The molecule has 0 aliphatic heterocycles. The zero-order chi connectivity index (χ0) is 13.8. The van der Waals surface area contributed by atoms with E-state index in [1.807, 2.05) is 19.1 Å². The molecular formula is C15H19N3O.